The summed E-state index contributed by atoms with van der Waals surface area (Å²) in [5, 5.41) is 44.3. The van der Waals surface area contributed by atoms with Crippen LogP contribution in [0.5, 0.6) is 0 Å². The van der Waals surface area contributed by atoms with Crippen molar-refractivity contribution in [1.29, 1.82) is 0 Å². The number of Topliss-reactive ketones (excluding diaryl/α,β-unsaturated/α-hetero) is 2. The summed E-state index contributed by atoms with van der Waals surface area (Å²) in [6.45, 7) is -1.13. The highest BCUT2D eigenvalue weighted by Crippen LogP contribution is 2.35. The number of methoxy groups -OCH3 is 2. The molecule has 0 aliphatic carbocycles. The first-order chi connectivity index (χ1) is 36.6. The topological polar surface area (TPSA) is 447 Å². The lowest BCUT2D eigenvalue weighted by Crippen LogP contribution is -2.45. The Morgan fingerprint density at radius 2 is 1.25 bits per heavy atom. The zero-order valence-corrected chi connectivity index (χ0v) is 42.1. The molecule has 8 rings (SSSR count). The Bertz CT molecular complexity index is 3540. The number of imidazole rings is 2. The van der Waals surface area contributed by atoms with Crippen molar-refractivity contribution in [2.24, 2.45) is 0 Å². The molecule has 4 aromatic heterocycles. The third kappa shape index (κ3) is 11.9. The number of anilines is 2. The Labute approximate surface area is 435 Å². The number of carbonyl (C=O) groups excluding carboxylic acids is 5. The summed E-state index contributed by atoms with van der Waals surface area (Å²) in [5.41, 5.74) is 12.3. The Balaban J connectivity index is 0.891. The predicted octanol–water partition coefficient (Wildman–Crippen LogP) is -1.68. The van der Waals surface area contributed by atoms with E-state index in [-0.39, 0.29) is 80.4 Å². The van der Waals surface area contributed by atoms with Crippen LogP contribution in [0.1, 0.15) is 79.6 Å². The summed E-state index contributed by atoms with van der Waals surface area (Å²) >= 11 is 0. The maximum absolute atomic E-state index is 13.7. The molecule has 408 valence electrons. The Kier molecular flexibility index (Phi) is 16.4. The first-order valence-electron chi connectivity index (χ1n) is 23.0. The quantitative estimate of drug-likeness (QED) is 0.0287. The molecule has 0 unspecified atom stereocenters. The third-order valence-electron chi connectivity index (χ3n) is 12.3. The second-order valence-corrected chi connectivity index (χ2v) is 20.4. The van der Waals surface area contributed by atoms with Crippen LogP contribution in [-0.4, -0.2) is 170 Å². The fraction of sp³-hybridized carbons (Fsp3) is 0.356. The zero-order chi connectivity index (χ0) is 55.5. The smallest absolute Gasteiger partial charge is 0.338 e. The van der Waals surface area contributed by atoms with E-state index in [4.69, 9.17) is 25.7 Å². The van der Waals surface area contributed by atoms with Gasteiger partial charge in [-0.1, -0.05) is 30.3 Å². The number of aliphatic hydroxyl groups is 4. The summed E-state index contributed by atoms with van der Waals surface area (Å²) in [6, 6.07) is 9.69. The second-order valence-electron chi connectivity index (χ2n) is 17.2. The van der Waals surface area contributed by atoms with Crippen LogP contribution in [0.3, 0.4) is 0 Å². The van der Waals surface area contributed by atoms with Gasteiger partial charge in [0.15, 0.2) is 52.8 Å². The number of hydrogen-bond acceptors (Lipinski definition) is 25. The molecular weight excluding hydrogens is 1060 g/mol. The van der Waals surface area contributed by atoms with Gasteiger partial charge in [-0.15, -0.1) is 0 Å². The molecule has 0 bridgehead atoms. The Morgan fingerprint density at radius 1 is 0.675 bits per heavy atom. The second kappa shape index (κ2) is 22.8. The van der Waals surface area contributed by atoms with Crippen LogP contribution in [-0.2, 0) is 44.0 Å². The van der Waals surface area contributed by atoms with Crippen LogP contribution < -0.4 is 25.6 Å². The Morgan fingerprint density at radius 3 is 1.88 bits per heavy atom. The maximum Gasteiger partial charge on any atom is 0.338 e. The summed E-state index contributed by atoms with van der Waals surface area (Å²) in [4.78, 5) is 89.1. The molecule has 0 spiro atoms. The number of nitrogens with one attached hydrogen (secondary N) is 3. The molecule has 8 atom stereocenters. The van der Waals surface area contributed by atoms with E-state index in [1.807, 2.05) is 0 Å². The van der Waals surface area contributed by atoms with E-state index >= 15 is 0 Å². The van der Waals surface area contributed by atoms with E-state index in [1.54, 1.807) is 4.72 Å². The highest BCUT2D eigenvalue weighted by atomic mass is 32.2. The van der Waals surface area contributed by atoms with E-state index in [0.717, 1.165) is 19.6 Å². The average Bonchev–Trinajstić information content (AvgIpc) is 4.25. The highest BCUT2D eigenvalue weighted by molar-refractivity contribution is 7.92. The van der Waals surface area contributed by atoms with Gasteiger partial charge in [0, 0.05) is 54.5 Å². The number of aromatic nitrogens is 8. The highest BCUT2D eigenvalue weighted by Gasteiger charge is 2.46. The van der Waals surface area contributed by atoms with Crippen LogP contribution in [0.25, 0.3) is 33.7 Å². The fourth-order valence-corrected chi connectivity index (χ4v) is 10.1. The predicted molar refractivity (Wildman–Crippen MR) is 264 cm³/mol. The number of esters is 2. The number of ketones is 2. The summed E-state index contributed by atoms with van der Waals surface area (Å²) in [5.74, 6) is -4.22. The van der Waals surface area contributed by atoms with E-state index in [2.05, 4.69) is 44.1 Å². The zero-order valence-electron chi connectivity index (χ0n) is 40.4. The van der Waals surface area contributed by atoms with Crippen LogP contribution in [0.4, 0.5) is 11.6 Å². The minimum Gasteiger partial charge on any atom is -0.465 e. The minimum absolute atomic E-state index is 0.00955. The van der Waals surface area contributed by atoms with Crippen LogP contribution in [0.15, 0.2) is 72.9 Å². The van der Waals surface area contributed by atoms with Crippen molar-refractivity contribution in [2.75, 3.05) is 38.8 Å². The minimum atomic E-state index is -4.62. The molecule has 6 aromatic rings. The van der Waals surface area contributed by atoms with Gasteiger partial charge in [-0.05, 0) is 24.6 Å². The van der Waals surface area contributed by atoms with Gasteiger partial charge in [-0.2, -0.15) is 13.1 Å². The van der Waals surface area contributed by atoms with Gasteiger partial charge in [0.25, 0.3) is 0 Å². The van der Waals surface area contributed by atoms with Gasteiger partial charge in [-0.25, -0.2) is 57.4 Å². The van der Waals surface area contributed by atoms with Gasteiger partial charge in [0.1, 0.15) is 54.0 Å². The van der Waals surface area contributed by atoms with Crippen LogP contribution in [0, 0.1) is 0 Å². The number of fused-ring (bicyclic) bond motifs is 2. The van der Waals surface area contributed by atoms with Gasteiger partial charge < -0.3 is 50.8 Å². The number of hydrogen-bond donors (Lipinski definition) is 9. The first kappa shape index (κ1) is 55.4. The number of carbonyl (C=O) groups is 5. The van der Waals surface area contributed by atoms with Crippen molar-refractivity contribution < 1.29 is 80.2 Å². The number of benzene rings is 2. The van der Waals surface area contributed by atoms with Gasteiger partial charge in [0.05, 0.1) is 38.0 Å². The monoisotopic (exact) mass is 1110 g/mol. The average molecular weight is 1110 g/mol. The molecule has 32 heteroatoms. The molecular formula is C45H49N13O17S2. The largest absolute Gasteiger partial charge is 0.465 e. The van der Waals surface area contributed by atoms with Crippen molar-refractivity contribution in [2.45, 2.75) is 74.8 Å². The van der Waals surface area contributed by atoms with Crippen molar-refractivity contribution in [3.63, 3.8) is 0 Å². The molecule has 2 aromatic carbocycles. The standard InChI is InChI=1S/C45H49N13O17S2/c1-72-44(66)23-8-4-3-7-22(23)27(60)12-13-30(61)56-77(70,71)53-17-29-34(63)36(65)43(75-29)58-20-51-32-38(47)54-39(55-41(32)58)21-10-11-24(45(67)73-2)25(15-21)26(59)9-5-6-14-76(68,69)52-16-28-33(62)35(64)42(74-28)57-19-50-31-37(46)48-18-49-40(31)57/h3-4,6-8,10-11,14-15,18-20,28-29,33-36,42-43,52-53,62-65H,5,9,12-13,16-17H2,1-2H3,(H,56,61)(H2,46,48,49)(H2,47,54,55)/b14-6+/t28-,29-,33-,34-,35-,36-,42-,43-/m1/s1. The van der Waals surface area contributed by atoms with Crippen LogP contribution in [0.2, 0.25) is 0 Å². The van der Waals surface area contributed by atoms with Crippen LogP contribution >= 0.6 is 0 Å². The van der Waals surface area contributed by atoms with Crippen molar-refractivity contribution in [1.82, 2.24) is 53.2 Å². The van der Waals surface area contributed by atoms with Crippen molar-refractivity contribution in [3.8, 4) is 11.4 Å². The number of allylic oxidation sites excluding steroid dienone is 1. The van der Waals surface area contributed by atoms with Crippen molar-refractivity contribution in [3.05, 3.63) is 95.2 Å². The van der Waals surface area contributed by atoms with E-state index in [1.165, 1.54) is 76.7 Å². The lowest BCUT2D eigenvalue weighted by atomic mass is 9.97. The normalized spacial score (nSPS) is 21.7. The van der Waals surface area contributed by atoms with E-state index in [9.17, 15) is 61.2 Å². The number of nitrogens with two attached hydrogens (primary N) is 2. The summed E-state index contributed by atoms with van der Waals surface area (Å²) in [7, 11) is -6.58. The number of nitrogen functional groups attached to an aromatic ring is 2. The number of nitrogens with zero attached hydrogens (tertiary/aromatic N) is 8. The fourth-order valence-electron chi connectivity index (χ4n) is 8.36. The summed E-state index contributed by atoms with van der Waals surface area (Å²) in [6.07, 6.45) is -8.44. The molecule has 2 aliphatic heterocycles. The lowest BCUT2D eigenvalue weighted by Gasteiger charge is -2.17. The van der Waals surface area contributed by atoms with E-state index < -0.39 is 125 Å². The molecule has 77 heavy (non-hydrogen) atoms. The molecule has 2 fully saturated rings. The molecule has 2 aliphatic rings. The molecule has 1 amide bonds. The van der Waals surface area contributed by atoms with Crippen molar-refractivity contribution >= 4 is 83.6 Å². The van der Waals surface area contributed by atoms with Gasteiger partial charge in [-0.3, -0.25) is 23.5 Å². The molecule has 11 N–H and O–H groups in total. The van der Waals surface area contributed by atoms with Gasteiger partial charge >= 0.3 is 22.1 Å². The molecule has 0 radical (unpaired) electrons. The molecule has 0 saturated carbocycles. The maximum atomic E-state index is 13.7. The number of aliphatic hydroxyl groups excluding tert-OH is 4. The Hall–Kier alpha value is -7.79. The molecule has 6 heterocycles. The first-order valence-corrected chi connectivity index (χ1v) is 26.0. The van der Waals surface area contributed by atoms with Gasteiger partial charge in [0.2, 0.25) is 15.9 Å². The third-order valence-corrected chi connectivity index (χ3v) is 14.4. The number of ether oxygens (including phenoxy) is 4. The lowest BCUT2D eigenvalue weighted by molar-refractivity contribution is -0.119. The molecule has 30 nitrogen and oxygen atoms in total. The molecule has 2 saturated heterocycles. The number of amides is 1. The summed E-state index contributed by atoms with van der Waals surface area (Å²) < 4.78 is 81.4. The number of rotatable bonds is 21. The number of sulfonamides is 1. The van der Waals surface area contributed by atoms with E-state index in [0.29, 0.717) is 0 Å². The SMILES string of the molecule is COC(=O)c1ccc(-c2nc(N)c3ncn([C@@H]4O[C@H](CNS(=O)(=O)NC(=O)CCC(=O)c5ccccc5C(=O)OC)[C@@H](O)[C@H]4O)c3n2)cc1C(=O)CC/C=C/S(=O)(=O)NC[C@H]1O[C@@H](n2cnc3c(N)ncnc32)[C@H](O)[C@@H]1O.